The van der Waals surface area contributed by atoms with Crippen molar-refractivity contribution in [1.29, 1.82) is 0 Å². The van der Waals surface area contributed by atoms with Gasteiger partial charge in [0.05, 0.1) is 50.8 Å². The average Bonchev–Trinajstić information content (AvgIpc) is 3.32. The number of nitrogens with one attached hydrogen (secondary N) is 1. The highest BCUT2D eigenvalue weighted by atomic mass is 16.5. The fourth-order valence-electron chi connectivity index (χ4n) is 8.56. The van der Waals surface area contributed by atoms with Crippen LogP contribution in [-0.4, -0.2) is 121 Å². The summed E-state index contributed by atoms with van der Waals surface area (Å²) in [5.74, 6) is -1.44. The van der Waals surface area contributed by atoms with Gasteiger partial charge in [0.15, 0.2) is 0 Å². The zero-order chi connectivity index (χ0) is 48.6. The number of carbonyl (C=O) groups is 5. The summed E-state index contributed by atoms with van der Waals surface area (Å²) < 4.78 is 36.0. The van der Waals surface area contributed by atoms with Gasteiger partial charge >= 0.3 is 23.9 Å². The molecule has 2 saturated heterocycles. The second-order valence-corrected chi connectivity index (χ2v) is 16.5. The molecule has 0 saturated carbocycles. The Morgan fingerprint density at radius 3 is 2.06 bits per heavy atom. The summed E-state index contributed by atoms with van der Waals surface area (Å²) in [5.41, 5.74) is 5.16. The van der Waals surface area contributed by atoms with Crippen LogP contribution in [0.4, 0.5) is 22.7 Å². The van der Waals surface area contributed by atoms with Crippen molar-refractivity contribution >= 4 is 63.5 Å². The van der Waals surface area contributed by atoms with Crippen molar-refractivity contribution in [1.82, 2.24) is 4.58 Å². The predicted molar refractivity (Wildman–Crippen MR) is 259 cm³/mol. The number of carboxylic acids is 1. The summed E-state index contributed by atoms with van der Waals surface area (Å²) in [6.45, 7) is 4.43. The highest BCUT2D eigenvalue weighted by molar-refractivity contribution is 6.08. The van der Waals surface area contributed by atoms with E-state index in [1.54, 1.807) is 59.5 Å². The number of ether oxygens (including phenoxy) is 5. The van der Waals surface area contributed by atoms with Crippen molar-refractivity contribution in [3.8, 4) is 33.9 Å². The number of benzene rings is 5. The highest BCUT2D eigenvalue weighted by Crippen LogP contribution is 2.43. The number of likely N-dealkylation sites (N-methyl/N-ethyl adjacent to an activating group) is 1. The van der Waals surface area contributed by atoms with E-state index >= 15 is 0 Å². The molecule has 0 radical (unpaired) electrons. The lowest BCUT2D eigenvalue weighted by molar-refractivity contribution is -0.140. The molecule has 4 aromatic carbocycles. The number of rotatable bonds is 19. The van der Waals surface area contributed by atoms with Gasteiger partial charge in [-0.2, -0.15) is 0 Å². The van der Waals surface area contributed by atoms with Crippen LogP contribution >= 0.6 is 0 Å². The van der Waals surface area contributed by atoms with Crippen LogP contribution in [0.25, 0.3) is 33.4 Å². The van der Waals surface area contributed by atoms with Gasteiger partial charge in [0, 0.05) is 59.2 Å². The lowest BCUT2D eigenvalue weighted by atomic mass is 9.90. The van der Waals surface area contributed by atoms with Gasteiger partial charge < -0.3 is 53.2 Å². The minimum absolute atomic E-state index is 0.0321. The van der Waals surface area contributed by atoms with E-state index in [9.17, 15) is 29.1 Å². The number of para-hydroxylation sites is 2. The molecule has 4 aliphatic rings. The van der Waals surface area contributed by atoms with Gasteiger partial charge in [0.1, 0.15) is 74.8 Å². The minimum atomic E-state index is -1.03. The van der Waals surface area contributed by atoms with E-state index in [0.29, 0.717) is 65.0 Å². The van der Waals surface area contributed by atoms with Crippen LogP contribution in [0.1, 0.15) is 30.1 Å². The van der Waals surface area contributed by atoms with E-state index in [1.165, 1.54) is 26.2 Å². The molecule has 69 heavy (non-hydrogen) atoms. The SMILES string of the molecule is CCN(CC(=O)OC)c1ccc(NC(=O)C2CCN2c2ccc3c(-c4ccccc4C(=O)O)c4ccc(=[N+]5CCC5)cc-4oc3c2)cc1OCCOc1ccccc1N(CC(=O)OC)CC(=O)OC. The molecule has 358 valence electrons. The molecular formula is C52H54N5O12+. The van der Waals surface area contributed by atoms with Crippen LogP contribution in [0.2, 0.25) is 0 Å². The first-order chi connectivity index (χ1) is 33.5. The Balaban J connectivity index is 1.03. The first-order valence-electron chi connectivity index (χ1n) is 22.7. The van der Waals surface area contributed by atoms with Crippen LogP contribution in [-0.2, 0) is 33.4 Å². The molecule has 17 heteroatoms. The average molecular weight is 941 g/mol. The largest absolute Gasteiger partial charge is 0.488 e. The molecule has 4 aromatic rings. The first-order valence-corrected chi connectivity index (χ1v) is 22.7. The molecule has 0 bridgehead atoms. The van der Waals surface area contributed by atoms with E-state index in [0.717, 1.165) is 47.1 Å². The molecule has 3 aliphatic heterocycles. The summed E-state index contributed by atoms with van der Waals surface area (Å²) in [4.78, 5) is 68.8. The van der Waals surface area contributed by atoms with Gasteiger partial charge in [0.25, 0.3) is 0 Å². The fourth-order valence-corrected chi connectivity index (χ4v) is 8.56. The summed E-state index contributed by atoms with van der Waals surface area (Å²) in [6, 6.07) is 30.4. The van der Waals surface area contributed by atoms with Gasteiger partial charge in [-0.15, -0.1) is 0 Å². The van der Waals surface area contributed by atoms with Crippen molar-refractivity contribution < 1.29 is 57.2 Å². The number of carbonyl (C=O) groups excluding carboxylic acids is 4. The number of carboxylic acid groups (broad SMARTS) is 1. The fraction of sp³-hybridized carbons (Fsp3) is 0.308. The standard InChI is InChI=1S/C52H53N5O12/c1-5-54(30-47(58)64-2)41-20-15-33(27-46(41)68-26-25-67-43-14-9-8-13-40(43)56(31-48(59)65-3)32-49(60)66-4)53-51(61)42-21-24-57(42)35-17-19-39-45(29-35)69-44-28-34(55-22-10-23-55)16-18-38(44)50(39)36-11-6-7-12-37(36)52(62)63/h6-9,11-20,27-29,42H,5,10,21-26,30-32H2,1-4H3,(H-,53,61,62,63)/p+1. The number of anilines is 4. The Bertz CT molecular complexity index is 2930. The summed E-state index contributed by atoms with van der Waals surface area (Å²) >= 11 is 0. The predicted octanol–water partition coefficient (Wildman–Crippen LogP) is 5.91. The van der Waals surface area contributed by atoms with Crippen molar-refractivity contribution in [2.45, 2.75) is 25.8 Å². The number of nitrogens with zero attached hydrogens (tertiary/aromatic N) is 4. The third-order valence-electron chi connectivity index (χ3n) is 12.4. The number of amides is 1. The number of methoxy groups -OCH3 is 3. The van der Waals surface area contributed by atoms with Crippen LogP contribution in [0.5, 0.6) is 11.5 Å². The second kappa shape index (κ2) is 21.3. The maximum atomic E-state index is 14.1. The van der Waals surface area contributed by atoms with Crippen molar-refractivity contribution in [2.24, 2.45) is 0 Å². The smallest absolute Gasteiger partial charge is 0.336 e. The summed E-state index contributed by atoms with van der Waals surface area (Å²) in [7, 11) is 3.84. The number of hydrogen-bond acceptors (Lipinski definition) is 14. The Hall–Kier alpha value is -8.08. The molecule has 1 aliphatic carbocycles. The third kappa shape index (κ3) is 10.4. The Labute approximate surface area is 398 Å². The minimum Gasteiger partial charge on any atom is -0.488 e. The lowest BCUT2D eigenvalue weighted by Crippen LogP contribution is -2.54. The molecule has 2 fully saturated rings. The molecule has 1 atom stereocenters. The van der Waals surface area contributed by atoms with Gasteiger partial charge in [-0.25, -0.2) is 9.37 Å². The second-order valence-electron chi connectivity index (χ2n) is 16.5. The lowest BCUT2D eigenvalue weighted by Gasteiger charge is -2.41. The van der Waals surface area contributed by atoms with E-state index in [1.807, 2.05) is 54.3 Å². The van der Waals surface area contributed by atoms with Gasteiger partial charge in [-0.3, -0.25) is 19.2 Å². The molecule has 0 aromatic heterocycles. The van der Waals surface area contributed by atoms with Crippen LogP contribution in [0.3, 0.4) is 0 Å². The maximum absolute atomic E-state index is 14.1. The summed E-state index contributed by atoms with van der Waals surface area (Å²) in [6.07, 6.45) is 1.71. The zero-order valence-electron chi connectivity index (χ0n) is 38.9. The Kier molecular flexibility index (Phi) is 14.6. The summed E-state index contributed by atoms with van der Waals surface area (Å²) in [5, 5.41) is 15.1. The highest BCUT2D eigenvalue weighted by Gasteiger charge is 2.35. The zero-order valence-corrected chi connectivity index (χ0v) is 38.9. The molecule has 0 spiro atoms. The van der Waals surface area contributed by atoms with Crippen molar-refractivity contribution in [3.05, 3.63) is 114 Å². The number of fused-ring (bicyclic) bond motifs is 2. The van der Waals surface area contributed by atoms with Crippen molar-refractivity contribution in [2.75, 3.05) is 100 Å². The number of hydrogen-bond donors (Lipinski definition) is 2. The maximum Gasteiger partial charge on any atom is 0.336 e. The van der Waals surface area contributed by atoms with Crippen LogP contribution in [0.15, 0.2) is 108 Å². The van der Waals surface area contributed by atoms with E-state index < -0.39 is 29.9 Å². The molecule has 1 unspecified atom stereocenters. The van der Waals surface area contributed by atoms with Gasteiger partial charge in [-0.05, 0) is 67.4 Å². The van der Waals surface area contributed by atoms with Crippen LogP contribution in [0, 0.1) is 0 Å². The van der Waals surface area contributed by atoms with Crippen molar-refractivity contribution in [3.63, 3.8) is 0 Å². The molecule has 8 rings (SSSR count). The number of esters is 3. The molecule has 3 heterocycles. The molecular weight excluding hydrogens is 887 g/mol. The molecule has 17 nitrogen and oxygen atoms in total. The van der Waals surface area contributed by atoms with Gasteiger partial charge in [0.2, 0.25) is 11.3 Å². The topological polar surface area (TPSA) is 190 Å². The van der Waals surface area contributed by atoms with Gasteiger partial charge in [-0.1, -0.05) is 30.3 Å². The van der Waals surface area contributed by atoms with E-state index in [2.05, 4.69) is 16.0 Å². The normalized spacial score (nSPS) is 14.0. The molecule has 1 amide bonds. The van der Waals surface area contributed by atoms with E-state index in [-0.39, 0.29) is 44.3 Å². The Morgan fingerprint density at radius 2 is 1.41 bits per heavy atom. The molecule has 2 N–H and O–H groups in total. The van der Waals surface area contributed by atoms with Crippen LogP contribution < -0.4 is 39.4 Å². The first kappa shape index (κ1) is 47.4. The monoisotopic (exact) mass is 940 g/mol. The third-order valence-corrected chi connectivity index (χ3v) is 12.4. The Morgan fingerprint density at radius 1 is 0.739 bits per heavy atom. The van der Waals surface area contributed by atoms with E-state index in [4.69, 9.17) is 28.1 Å². The quantitative estimate of drug-likeness (QED) is 0.0321. The number of aromatic carboxylic acids is 1.